The minimum Gasteiger partial charge on any atom is -0.454 e. The summed E-state index contributed by atoms with van der Waals surface area (Å²) >= 11 is 0. The highest BCUT2D eigenvalue weighted by molar-refractivity contribution is 6.62. The van der Waals surface area contributed by atoms with E-state index in [4.69, 9.17) is 36.0 Å². The van der Waals surface area contributed by atoms with Crippen molar-refractivity contribution in [2.24, 2.45) is 0 Å². The first-order valence-electron chi connectivity index (χ1n) is 15.0. The fourth-order valence-electron chi connectivity index (χ4n) is 3.41. The Kier molecular flexibility index (Phi) is 24.5. The molecule has 0 rings (SSSR count). The number of carbonyl (C=O) groups excluding carboxylic acids is 2. The monoisotopic (exact) mass is 622 g/mol. The van der Waals surface area contributed by atoms with Crippen LogP contribution in [0.3, 0.4) is 0 Å². The summed E-state index contributed by atoms with van der Waals surface area (Å²) in [6.45, 7) is 28.9. The lowest BCUT2D eigenvalue weighted by molar-refractivity contribution is -0.145. The molecule has 41 heavy (non-hydrogen) atoms. The van der Waals surface area contributed by atoms with E-state index < -0.39 is 41.0 Å². The first-order chi connectivity index (χ1) is 19.4. The predicted molar refractivity (Wildman–Crippen MR) is 165 cm³/mol. The third-order valence-electron chi connectivity index (χ3n) is 5.28. The molecule has 0 saturated heterocycles. The summed E-state index contributed by atoms with van der Waals surface area (Å²) in [5.74, 6) is -0.869. The Labute approximate surface area is 251 Å². The lowest BCUT2D eigenvalue weighted by atomic mass is 10.4. The second-order valence-corrected chi connectivity index (χ2v) is 14.7. The predicted octanol–water partition coefficient (Wildman–Crippen LogP) is 6.11. The molecule has 0 aromatic carbocycles. The van der Waals surface area contributed by atoms with E-state index in [1.807, 2.05) is 55.4 Å². The maximum Gasteiger partial charge on any atom is 0.544 e. The van der Waals surface area contributed by atoms with Crippen molar-refractivity contribution in [2.45, 2.75) is 113 Å². The summed E-state index contributed by atoms with van der Waals surface area (Å²) in [6, 6.07) is 0. The highest BCUT2D eigenvalue weighted by Crippen LogP contribution is 2.23. The van der Waals surface area contributed by atoms with Crippen LogP contribution < -0.4 is 0 Å². The Morgan fingerprint density at radius 3 is 1.00 bits per heavy atom. The molecular weight excluding hydrogens is 564 g/mol. The summed E-state index contributed by atoms with van der Waals surface area (Å²) in [4.78, 5) is 23.6. The molecule has 0 aliphatic rings. The van der Waals surface area contributed by atoms with Crippen LogP contribution in [0.5, 0.6) is 0 Å². The van der Waals surface area contributed by atoms with Crippen molar-refractivity contribution in [3.8, 4) is 0 Å². The van der Waals surface area contributed by atoms with Crippen LogP contribution in [0, 0.1) is 0 Å². The Balaban J connectivity index is 0. The van der Waals surface area contributed by atoms with Gasteiger partial charge in [-0.05, 0) is 66.7 Å². The van der Waals surface area contributed by atoms with E-state index in [2.05, 4.69) is 13.2 Å². The molecular formula is C29H58O10Si2. The lowest BCUT2D eigenvalue weighted by Crippen LogP contribution is -2.58. The maximum atomic E-state index is 11.9. The summed E-state index contributed by atoms with van der Waals surface area (Å²) in [6.07, 6.45) is 3.72. The van der Waals surface area contributed by atoms with Gasteiger partial charge in [-0.15, -0.1) is 0 Å². The Hall–Kier alpha value is -1.39. The van der Waals surface area contributed by atoms with Gasteiger partial charge in [0.15, 0.2) is 11.5 Å². The molecule has 0 spiro atoms. The second kappa shape index (κ2) is 24.1. The molecule has 242 valence electrons. The van der Waals surface area contributed by atoms with E-state index in [0.717, 1.165) is 19.3 Å². The zero-order valence-corrected chi connectivity index (χ0v) is 29.4. The molecule has 0 radical (unpaired) electrons. The third-order valence-corrected chi connectivity index (χ3v) is 11.8. The summed E-state index contributed by atoms with van der Waals surface area (Å²) in [7, 11) is -6.10. The molecule has 0 aliphatic carbocycles. The van der Waals surface area contributed by atoms with E-state index in [9.17, 15) is 9.59 Å². The average molecular weight is 623 g/mol. The first kappa shape index (κ1) is 41.7. The fraction of sp³-hybridized carbons (Fsp3) is 0.793. The zero-order valence-electron chi connectivity index (χ0n) is 27.4. The van der Waals surface area contributed by atoms with Gasteiger partial charge in [0.05, 0.1) is 0 Å². The normalized spacial score (nSPS) is 13.0. The van der Waals surface area contributed by atoms with E-state index in [-0.39, 0.29) is 0 Å². The van der Waals surface area contributed by atoms with Gasteiger partial charge >= 0.3 is 29.5 Å². The van der Waals surface area contributed by atoms with Crippen molar-refractivity contribution < 1.29 is 45.6 Å². The highest BCUT2D eigenvalue weighted by atomic mass is 28.4. The molecule has 12 heteroatoms. The molecule has 0 aromatic rings. The molecule has 0 saturated carbocycles. The van der Waals surface area contributed by atoms with Gasteiger partial charge in [-0.1, -0.05) is 47.8 Å². The molecule has 2 atom stereocenters. The van der Waals surface area contributed by atoms with Crippen molar-refractivity contribution in [3.63, 3.8) is 0 Å². The number of rotatable bonds is 23. The van der Waals surface area contributed by atoms with Gasteiger partial charge in [0.2, 0.25) is 0 Å². The minimum atomic E-state index is -3.08. The van der Waals surface area contributed by atoms with Crippen LogP contribution >= 0.6 is 0 Å². The van der Waals surface area contributed by atoms with Gasteiger partial charge in [-0.3, -0.25) is 0 Å². The number of esters is 2. The number of carbonyl (C=O) groups is 2. The van der Waals surface area contributed by atoms with Crippen molar-refractivity contribution in [1.82, 2.24) is 0 Å². The Morgan fingerprint density at radius 1 is 0.537 bits per heavy atom. The van der Waals surface area contributed by atoms with Gasteiger partial charge in [0, 0.05) is 50.8 Å². The van der Waals surface area contributed by atoms with Crippen LogP contribution in [0.1, 0.15) is 101 Å². The molecule has 0 fully saturated rings. The molecule has 10 nitrogen and oxygen atoms in total. The van der Waals surface area contributed by atoms with E-state index >= 15 is 0 Å². The molecule has 0 aliphatic heterocycles. The summed E-state index contributed by atoms with van der Waals surface area (Å²) in [5.41, 5.74) is -0.286. The third kappa shape index (κ3) is 15.6. The van der Waals surface area contributed by atoms with E-state index in [1.54, 1.807) is 13.8 Å². The Morgan fingerprint density at radius 2 is 0.805 bits per heavy atom. The van der Waals surface area contributed by atoms with Crippen LogP contribution in [0.15, 0.2) is 24.3 Å². The van der Waals surface area contributed by atoms with Gasteiger partial charge < -0.3 is 36.0 Å². The molecule has 0 bridgehead atoms. The van der Waals surface area contributed by atoms with E-state index in [1.165, 1.54) is 0 Å². The SMILES string of the molecule is C=C(C)C(=O)OC(CC)[Si](OCC)(OCC)OCC.C=C(C)C(=O)OC(CC)[Si](OCCC)(OCCC)OCCC. The summed E-state index contributed by atoms with van der Waals surface area (Å²) in [5, 5.41) is 0. The smallest absolute Gasteiger partial charge is 0.454 e. The van der Waals surface area contributed by atoms with Crippen molar-refractivity contribution >= 4 is 29.5 Å². The van der Waals surface area contributed by atoms with Crippen LogP contribution in [0.4, 0.5) is 0 Å². The van der Waals surface area contributed by atoms with Gasteiger partial charge in [0.1, 0.15) is 0 Å². The quantitative estimate of drug-likeness (QED) is 0.0752. The molecule has 0 amide bonds. The molecule has 2 unspecified atom stereocenters. The van der Waals surface area contributed by atoms with Crippen molar-refractivity contribution in [1.29, 1.82) is 0 Å². The van der Waals surface area contributed by atoms with Gasteiger partial charge in [-0.2, -0.15) is 0 Å². The molecule has 0 heterocycles. The van der Waals surface area contributed by atoms with Crippen LogP contribution in [-0.4, -0.2) is 80.6 Å². The fourth-order valence-corrected chi connectivity index (χ4v) is 9.21. The van der Waals surface area contributed by atoms with E-state index in [0.29, 0.717) is 63.6 Å². The maximum absolute atomic E-state index is 11.9. The van der Waals surface area contributed by atoms with Crippen LogP contribution in [-0.2, 0) is 45.6 Å². The highest BCUT2D eigenvalue weighted by Gasteiger charge is 2.52. The van der Waals surface area contributed by atoms with Gasteiger partial charge in [0.25, 0.3) is 0 Å². The molecule has 0 aromatic heterocycles. The second-order valence-electron chi connectivity index (χ2n) is 9.22. The standard InChI is InChI=1S/C16H32O5Si.C13H26O5Si/c1-7-11-18-22(19-12-8-2,20-13-9-3)15(10-4)21-16(17)14(5)6;1-7-12(18-13(14)11(5)6)19(15-8-2,16-9-3)17-10-4/h15H,5,7-13H2,1-4,6H3;12H,5,7-10H2,1-4,6H3. The Bertz CT molecular complexity index is 708. The average Bonchev–Trinajstić information content (AvgIpc) is 2.94. The lowest BCUT2D eigenvalue weighted by Gasteiger charge is -2.34. The number of ether oxygens (including phenoxy) is 2. The summed E-state index contributed by atoms with van der Waals surface area (Å²) < 4.78 is 46.2. The van der Waals surface area contributed by atoms with Gasteiger partial charge in [-0.25, -0.2) is 9.59 Å². The minimum absolute atomic E-state index is 0.353. The van der Waals surface area contributed by atoms with Crippen molar-refractivity contribution in [3.05, 3.63) is 24.3 Å². The van der Waals surface area contributed by atoms with Crippen molar-refractivity contribution in [2.75, 3.05) is 39.6 Å². The molecule has 0 N–H and O–H groups in total. The number of hydrogen-bond acceptors (Lipinski definition) is 10. The first-order valence-corrected chi connectivity index (χ1v) is 18.6. The van der Waals surface area contributed by atoms with Crippen LogP contribution in [0.2, 0.25) is 0 Å². The topological polar surface area (TPSA) is 108 Å². The van der Waals surface area contributed by atoms with Crippen LogP contribution in [0.25, 0.3) is 0 Å². The number of hydrogen-bond donors (Lipinski definition) is 0. The largest absolute Gasteiger partial charge is 0.544 e. The zero-order chi connectivity index (χ0) is 31.9.